The average molecular weight is 424 g/mol. The molecule has 0 fully saturated rings. The van der Waals surface area contributed by atoms with E-state index in [0.29, 0.717) is 21.7 Å². The second-order valence-corrected chi connectivity index (χ2v) is 7.66. The summed E-state index contributed by atoms with van der Waals surface area (Å²) in [6.45, 7) is 1.81. The van der Waals surface area contributed by atoms with Crippen molar-refractivity contribution in [1.29, 1.82) is 0 Å². The molecule has 122 valence electrons. The van der Waals surface area contributed by atoms with Crippen LogP contribution in [0.4, 0.5) is 0 Å². The fraction of sp³-hybridized carbons (Fsp3) is 0.118. The lowest BCUT2D eigenvalue weighted by molar-refractivity contribution is 0.0993. The van der Waals surface area contributed by atoms with Crippen molar-refractivity contribution in [1.82, 2.24) is 10.2 Å². The summed E-state index contributed by atoms with van der Waals surface area (Å²) in [5.41, 5.74) is 1.43. The molecule has 0 spiro atoms. The van der Waals surface area contributed by atoms with E-state index in [-0.39, 0.29) is 11.0 Å². The van der Waals surface area contributed by atoms with Crippen LogP contribution in [0.1, 0.15) is 17.3 Å². The number of thioether (sulfide) groups is 1. The number of rotatable bonds is 5. The molecule has 1 atom stereocenters. The smallest absolute Gasteiger partial charge is 0.277 e. The van der Waals surface area contributed by atoms with E-state index in [2.05, 4.69) is 26.1 Å². The van der Waals surface area contributed by atoms with Gasteiger partial charge in [0.1, 0.15) is 0 Å². The van der Waals surface area contributed by atoms with E-state index < -0.39 is 0 Å². The molecule has 0 N–H and O–H groups in total. The van der Waals surface area contributed by atoms with Crippen LogP contribution in [0.3, 0.4) is 0 Å². The highest BCUT2D eigenvalue weighted by atomic mass is 79.9. The summed E-state index contributed by atoms with van der Waals surface area (Å²) in [7, 11) is 0. The molecule has 3 rings (SSSR count). The number of Topliss-reactive ketones (excluding diaryl/α,β-unsaturated/α-hetero) is 1. The number of carbonyl (C=O) groups is 1. The van der Waals surface area contributed by atoms with Crippen LogP contribution < -0.4 is 0 Å². The Bertz CT molecular complexity index is 850. The first-order chi connectivity index (χ1) is 11.5. The van der Waals surface area contributed by atoms with Crippen LogP contribution in [0.15, 0.2) is 62.6 Å². The Morgan fingerprint density at radius 1 is 1.12 bits per heavy atom. The molecule has 7 heteroatoms. The van der Waals surface area contributed by atoms with Gasteiger partial charge in [-0.3, -0.25) is 4.79 Å². The van der Waals surface area contributed by atoms with Gasteiger partial charge in [-0.15, -0.1) is 10.2 Å². The third-order valence-corrected chi connectivity index (χ3v) is 4.99. The molecule has 0 saturated carbocycles. The zero-order valence-electron chi connectivity index (χ0n) is 12.6. The SMILES string of the molecule is C[C@@H](Sc1nnc(-c2ccc(Br)cc2)o1)C(=O)c1ccc(Cl)cc1. The minimum absolute atomic E-state index is 0.0138. The third kappa shape index (κ3) is 4.06. The molecule has 3 aromatic rings. The van der Waals surface area contributed by atoms with Gasteiger partial charge < -0.3 is 4.42 Å². The number of halogens is 2. The molecule has 0 unspecified atom stereocenters. The van der Waals surface area contributed by atoms with Crippen molar-refractivity contribution in [3.05, 3.63) is 63.6 Å². The fourth-order valence-corrected chi connectivity index (χ4v) is 3.17. The van der Waals surface area contributed by atoms with Crippen molar-refractivity contribution in [2.75, 3.05) is 0 Å². The Balaban J connectivity index is 1.70. The first-order valence-electron chi connectivity index (χ1n) is 7.09. The lowest BCUT2D eigenvalue weighted by atomic mass is 10.1. The van der Waals surface area contributed by atoms with Crippen molar-refractivity contribution in [2.45, 2.75) is 17.4 Å². The van der Waals surface area contributed by atoms with Crippen molar-refractivity contribution < 1.29 is 9.21 Å². The summed E-state index contributed by atoms with van der Waals surface area (Å²) in [4.78, 5) is 12.4. The maximum atomic E-state index is 12.4. The summed E-state index contributed by atoms with van der Waals surface area (Å²) >= 11 is 10.5. The average Bonchev–Trinajstić information content (AvgIpc) is 3.04. The number of aromatic nitrogens is 2. The number of hydrogen-bond donors (Lipinski definition) is 0. The van der Waals surface area contributed by atoms with Gasteiger partial charge in [0.25, 0.3) is 5.22 Å². The number of hydrogen-bond acceptors (Lipinski definition) is 5. The number of carbonyl (C=O) groups excluding carboxylic acids is 1. The summed E-state index contributed by atoms with van der Waals surface area (Å²) in [5.74, 6) is 0.413. The molecule has 1 aromatic heterocycles. The van der Waals surface area contributed by atoms with Crippen LogP contribution >= 0.6 is 39.3 Å². The van der Waals surface area contributed by atoms with E-state index in [9.17, 15) is 4.79 Å². The molecule has 2 aromatic carbocycles. The molecule has 0 aliphatic heterocycles. The fourth-order valence-electron chi connectivity index (χ4n) is 2.02. The zero-order valence-corrected chi connectivity index (χ0v) is 15.7. The van der Waals surface area contributed by atoms with E-state index in [4.69, 9.17) is 16.0 Å². The molecular weight excluding hydrogens is 412 g/mol. The summed E-state index contributed by atoms with van der Waals surface area (Å²) < 4.78 is 6.61. The molecule has 0 bridgehead atoms. The van der Waals surface area contributed by atoms with Gasteiger partial charge in [-0.1, -0.05) is 39.3 Å². The van der Waals surface area contributed by atoms with Gasteiger partial charge >= 0.3 is 0 Å². The number of ketones is 1. The van der Waals surface area contributed by atoms with E-state index in [1.54, 1.807) is 24.3 Å². The Morgan fingerprint density at radius 2 is 1.79 bits per heavy atom. The van der Waals surface area contributed by atoms with Gasteiger partial charge in [-0.05, 0) is 55.5 Å². The first kappa shape index (κ1) is 17.2. The van der Waals surface area contributed by atoms with Crippen molar-refractivity contribution in [3.8, 4) is 11.5 Å². The van der Waals surface area contributed by atoms with Crippen LogP contribution in [0, 0.1) is 0 Å². The molecule has 0 radical (unpaired) electrons. The lowest BCUT2D eigenvalue weighted by Gasteiger charge is -2.07. The third-order valence-electron chi connectivity index (χ3n) is 3.27. The van der Waals surface area contributed by atoms with E-state index in [1.807, 2.05) is 31.2 Å². The first-order valence-corrected chi connectivity index (χ1v) is 9.14. The largest absolute Gasteiger partial charge is 0.411 e. The molecule has 0 aliphatic rings. The van der Waals surface area contributed by atoms with Crippen LogP contribution in [-0.2, 0) is 0 Å². The van der Waals surface area contributed by atoms with Crippen LogP contribution in [0.25, 0.3) is 11.5 Å². The highest BCUT2D eigenvalue weighted by Crippen LogP contribution is 2.28. The monoisotopic (exact) mass is 422 g/mol. The van der Waals surface area contributed by atoms with Gasteiger partial charge in [0.05, 0.1) is 5.25 Å². The Hall–Kier alpha value is -1.63. The van der Waals surface area contributed by atoms with Gasteiger partial charge in [0, 0.05) is 20.6 Å². The minimum atomic E-state index is -0.343. The Kier molecular flexibility index (Phi) is 5.38. The number of nitrogens with zero attached hydrogens (tertiary/aromatic N) is 2. The van der Waals surface area contributed by atoms with Crippen LogP contribution in [-0.4, -0.2) is 21.2 Å². The maximum Gasteiger partial charge on any atom is 0.277 e. The minimum Gasteiger partial charge on any atom is -0.411 e. The second-order valence-electron chi connectivity index (χ2n) is 5.01. The van der Waals surface area contributed by atoms with Crippen LogP contribution in [0.5, 0.6) is 0 Å². The Morgan fingerprint density at radius 3 is 2.46 bits per heavy atom. The molecule has 0 saturated heterocycles. The molecule has 1 heterocycles. The predicted octanol–water partition coefficient (Wildman–Crippen LogP) is 5.52. The van der Waals surface area contributed by atoms with Crippen molar-refractivity contribution in [2.24, 2.45) is 0 Å². The summed E-state index contributed by atoms with van der Waals surface area (Å²) in [5, 5.41) is 8.66. The van der Waals surface area contributed by atoms with Crippen molar-refractivity contribution >= 4 is 45.1 Å². The lowest BCUT2D eigenvalue weighted by Crippen LogP contribution is -2.13. The normalized spacial score (nSPS) is 12.1. The maximum absolute atomic E-state index is 12.4. The van der Waals surface area contributed by atoms with E-state index >= 15 is 0 Å². The van der Waals surface area contributed by atoms with E-state index in [1.165, 1.54) is 11.8 Å². The topological polar surface area (TPSA) is 56.0 Å². The van der Waals surface area contributed by atoms with E-state index in [0.717, 1.165) is 10.0 Å². The van der Waals surface area contributed by atoms with Gasteiger partial charge in [-0.2, -0.15) is 0 Å². The summed E-state index contributed by atoms with van der Waals surface area (Å²) in [6.07, 6.45) is 0. The van der Waals surface area contributed by atoms with Gasteiger partial charge in [0.15, 0.2) is 5.78 Å². The molecular formula is C17H12BrClN2O2S. The van der Waals surface area contributed by atoms with Crippen molar-refractivity contribution in [3.63, 3.8) is 0 Å². The quantitative estimate of drug-likeness (QED) is 0.400. The second kappa shape index (κ2) is 7.51. The standard InChI is InChI=1S/C17H12BrClN2O2S/c1-10(15(22)11-4-8-14(19)9-5-11)24-17-21-20-16(23-17)12-2-6-13(18)7-3-12/h2-10H,1H3/t10-/m1/s1. The molecule has 24 heavy (non-hydrogen) atoms. The molecule has 0 aliphatic carbocycles. The van der Waals surface area contributed by atoms with Gasteiger partial charge in [0.2, 0.25) is 5.89 Å². The Labute approximate surface area is 156 Å². The number of benzene rings is 2. The molecule has 4 nitrogen and oxygen atoms in total. The zero-order chi connectivity index (χ0) is 17.1. The highest BCUT2D eigenvalue weighted by Gasteiger charge is 2.20. The van der Waals surface area contributed by atoms with Crippen LogP contribution in [0.2, 0.25) is 5.02 Å². The highest BCUT2D eigenvalue weighted by molar-refractivity contribution is 9.10. The summed E-state index contributed by atoms with van der Waals surface area (Å²) in [6, 6.07) is 14.4. The van der Waals surface area contributed by atoms with Gasteiger partial charge in [-0.25, -0.2) is 0 Å². The predicted molar refractivity (Wildman–Crippen MR) is 98.5 cm³/mol. The molecule has 0 amide bonds.